The van der Waals surface area contributed by atoms with E-state index in [4.69, 9.17) is 0 Å². The molecule has 1 unspecified atom stereocenters. The molecule has 1 aliphatic heterocycles. The number of nitrogens with one attached hydrogen (secondary N) is 1. The largest absolute Gasteiger partial charge is 0.726 e. The van der Waals surface area contributed by atoms with Crippen LogP contribution in [0.4, 0.5) is 0 Å². The smallest absolute Gasteiger partial charge is 0.337 e. The summed E-state index contributed by atoms with van der Waals surface area (Å²) in [4.78, 5) is 15.7. The molecule has 0 saturated carbocycles. The number of benzene rings is 1. The van der Waals surface area contributed by atoms with Crippen LogP contribution in [-0.4, -0.2) is 29.6 Å². The van der Waals surface area contributed by atoms with Gasteiger partial charge >= 0.3 is 11.4 Å². The second-order valence-electron chi connectivity index (χ2n) is 6.11. The average Bonchev–Trinajstić information content (AvgIpc) is 2.96. The zero-order chi connectivity index (χ0) is 19.1. The standard InChI is InChI=1S/C16H15N3O.CH4O4S/c1-10-9-12-11-5-3-4-6-13(11)17-15(12)16-18(2)8-7-14(20)19(10)16;1-5-6(2,3)4/h3-8,10H,9H2,1-2H3;1H3,(H,2,3,4). The van der Waals surface area contributed by atoms with Gasteiger partial charge in [-0.15, -0.1) is 0 Å². The van der Waals surface area contributed by atoms with Gasteiger partial charge in [-0.1, -0.05) is 18.2 Å². The first-order chi connectivity index (χ1) is 12.2. The molecular weight excluding hydrogens is 358 g/mol. The number of para-hydroxylation sites is 1. The number of fused-ring (bicyclic) bond motifs is 5. The first-order valence-corrected chi connectivity index (χ1v) is 9.29. The van der Waals surface area contributed by atoms with Crippen LogP contribution in [0.2, 0.25) is 0 Å². The summed E-state index contributed by atoms with van der Waals surface area (Å²) in [7, 11) is -1.62. The van der Waals surface area contributed by atoms with Gasteiger partial charge in [-0.3, -0.25) is 4.18 Å². The molecule has 0 saturated heterocycles. The van der Waals surface area contributed by atoms with Crippen LogP contribution in [0.1, 0.15) is 18.5 Å². The number of hydrogen-bond acceptors (Lipinski definition) is 5. The topological polar surface area (TPSA) is 108 Å². The Kier molecular flexibility index (Phi) is 4.70. The molecule has 26 heavy (non-hydrogen) atoms. The van der Waals surface area contributed by atoms with Gasteiger partial charge in [0.25, 0.3) is 0 Å². The van der Waals surface area contributed by atoms with Crippen molar-refractivity contribution in [2.45, 2.75) is 19.4 Å². The number of H-pyrrole nitrogens is 1. The summed E-state index contributed by atoms with van der Waals surface area (Å²) in [5.74, 6) is 0.961. The first kappa shape index (κ1) is 18.3. The van der Waals surface area contributed by atoms with Crippen LogP contribution in [0.5, 0.6) is 0 Å². The Morgan fingerprint density at radius 3 is 2.62 bits per heavy atom. The molecule has 0 spiro atoms. The summed E-state index contributed by atoms with van der Waals surface area (Å²) < 4.78 is 34.9. The van der Waals surface area contributed by atoms with Crippen molar-refractivity contribution in [1.82, 2.24) is 9.55 Å². The lowest BCUT2D eigenvalue weighted by Crippen LogP contribution is -2.43. The van der Waals surface area contributed by atoms with E-state index in [0.29, 0.717) is 0 Å². The molecule has 1 N–H and O–H groups in total. The molecule has 1 aromatic carbocycles. The van der Waals surface area contributed by atoms with Gasteiger partial charge in [0.2, 0.25) is 10.4 Å². The summed E-state index contributed by atoms with van der Waals surface area (Å²) >= 11 is 0. The monoisotopic (exact) mass is 377 g/mol. The number of nitrogens with zero attached hydrogens (tertiary/aromatic N) is 2. The van der Waals surface area contributed by atoms with Crippen LogP contribution in [0.25, 0.3) is 22.4 Å². The van der Waals surface area contributed by atoms with E-state index >= 15 is 0 Å². The molecule has 1 atom stereocenters. The maximum absolute atomic E-state index is 12.2. The Bertz CT molecular complexity index is 1130. The second-order valence-corrected chi connectivity index (χ2v) is 7.26. The molecule has 0 bridgehead atoms. The minimum absolute atomic E-state index is 0.0647. The predicted molar refractivity (Wildman–Crippen MR) is 94.3 cm³/mol. The average molecular weight is 377 g/mol. The normalized spacial score (nSPS) is 15.8. The molecule has 0 aliphatic carbocycles. The van der Waals surface area contributed by atoms with Gasteiger partial charge in [0.15, 0.2) is 0 Å². The SMILES string of the molecule is CC1Cc2c([nH]c3ccccc23)-c2n1c(=O)cc[n+]2C.COS(=O)(=O)[O-]. The molecule has 8 nitrogen and oxygen atoms in total. The highest BCUT2D eigenvalue weighted by molar-refractivity contribution is 7.80. The summed E-state index contributed by atoms with van der Waals surface area (Å²) in [6, 6.07) is 10.1. The third-order valence-electron chi connectivity index (χ3n) is 4.42. The van der Waals surface area contributed by atoms with Gasteiger partial charge < -0.3 is 9.54 Å². The van der Waals surface area contributed by atoms with E-state index in [9.17, 15) is 17.8 Å². The molecule has 4 rings (SSSR count). The van der Waals surface area contributed by atoms with Crippen molar-refractivity contribution in [2.75, 3.05) is 7.11 Å². The number of rotatable bonds is 1. The second kappa shape index (κ2) is 6.67. The Morgan fingerprint density at radius 1 is 1.31 bits per heavy atom. The molecular formula is C17H19N3O5S. The Labute approximate surface area is 150 Å². The van der Waals surface area contributed by atoms with Gasteiger partial charge in [0.1, 0.15) is 11.7 Å². The zero-order valence-corrected chi connectivity index (χ0v) is 15.4. The van der Waals surface area contributed by atoms with Crippen LogP contribution >= 0.6 is 0 Å². The van der Waals surface area contributed by atoms with E-state index in [1.54, 1.807) is 6.07 Å². The number of aromatic amines is 1. The fraction of sp³-hybridized carbons (Fsp3) is 0.294. The number of aromatic nitrogens is 3. The van der Waals surface area contributed by atoms with Gasteiger partial charge in [-0.05, 0) is 18.6 Å². The number of hydrogen-bond donors (Lipinski definition) is 1. The summed E-state index contributed by atoms with van der Waals surface area (Å²) in [6.07, 6.45) is 2.72. The summed E-state index contributed by atoms with van der Waals surface area (Å²) in [5.41, 5.74) is 3.59. The predicted octanol–water partition coefficient (Wildman–Crippen LogP) is 1.03. The van der Waals surface area contributed by atoms with Crippen molar-refractivity contribution in [2.24, 2.45) is 7.05 Å². The third-order valence-corrected chi connectivity index (χ3v) is 4.83. The van der Waals surface area contributed by atoms with Gasteiger partial charge in [-0.2, -0.15) is 4.57 Å². The van der Waals surface area contributed by atoms with Crippen molar-refractivity contribution < 1.29 is 21.7 Å². The highest BCUT2D eigenvalue weighted by atomic mass is 32.3. The van der Waals surface area contributed by atoms with Gasteiger partial charge in [-0.25, -0.2) is 17.8 Å². The van der Waals surface area contributed by atoms with Crippen molar-refractivity contribution in [3.05, 3.63) is 52.4 Å². The van der Waals surface area contributed by atoms with Crippen molar-refractivity contribution in [3.63, 3.8) is 0 Å². The van der Waals surface area contributed by atoms with Gasteiger partial charge in [0.05, 0.1) is 26.4 Å². The van der Waals surface area contributed by atoms with Crippen LogP contribution in [-0.2, 0) is 28.1 Å². The van der Waals surface area contributed by atoms with Crippen LogP contribution in [0, 0.1) is 0 Å². The fourth-order valence-electron chi connectivity index (χ4n) is 3.31. The van der Waals surface area contributed by atoms with Crippen molar-refractivity contribution >= 4 is 21.3 Å². The lowest BCUT2D eigenvalue weighted by atomic mass is 9.99. The molecule has 138 valence electrons. The molecule has 0 fully saturated rings. The van der Waals surface area contributed by atoms with E-state index < -0.39 is 10.4 Å². The lowest BCUT2D eigenvalue weighted by Gasteiger charge is -2.19. The van der Waals surface area contributed by atoms with E-state index in [-0.39, 0.29) is 11.6 Å². The highest BCUT2D eigenvalue weighted by Crippen LogP contribution is 2.35. The van der Waals surface area contributed by atoms with E-state index in [1.807, 2.05) is 28.4 Å². The van der Waals surface area contributed by atoms with Crippen molar-refractivity contribution in [1.29, 1.82) is 0 Å². The molecule has 2 aromatic heterocycles. The van der Waals surface area contributed by atoms with E-state index in [1.165, 1.54) is 10.9 Å². The Hall–Kier alpha value is -2.49. The van der Waals surface area contributed by atoms with Gasteiger partial charge in [0, 0.05) is 17.3 Å². The summed E-state index contributed by atoms with van der Waals surface area (Å²) in [6.45, 7) is 2.11. The summed E-state index contributed by atoms with van der Waals surface area (Å²) in [5, 5.41) is 1.26. The molecule has 9 heteroatoms. The maximum Gasteiger partial charge on any atom is 0.337 e. The third kappa shape index (κ3) is 3.28. The van der Waals surface area contributed by atoms with E-state index in [2.05, 4.69) is 34.3 Å². The van der Waals surface area contributed by atoms with Crippen LogP contribution in [0.15, 0.2) is 41.3 Å². The zero-order valence-electron chi connectivity index (χ0n) is 14.6. The minimum Gasteiger partial charge on any atom is -0.726 e. The van der Waals surface area contributed by atoms with Crippen molar-refractivity contribution in [3.8, 4) is 11.5 Å². The minimum atomic E-state index is -4.41. The molecule has 3 aromatic rings. The fourth-order valence-corrected chi connectivity index (χ4v) is 3.31. The Balaban J connectivity index is 0.000000286. The lowest BCUT2D eigenvalue weighted by molar-refractivity contribution is -0.665. The molecule has 1 aliphatic rings. The molecule has 0 amide bonds. The maximum atomic E-state index is 12.2. The molecule has 3 heterocycles. The quantitative estimate of drug-likeness (QED) is 0.387. The number of aryl methyl sites for hydroxylation is 1. The Morgan fingerprint density at radius 2 is 1.96 bits per heavy atom. The van der Waals surface area contributed by atoms with E-state index in [0.717, 1.165) is 30.6 Å². The van der Waals surface area contributed by atoms with Crippen LogP contribution in [0.3, 0.4) is 0 Å². The highest BCUT2D eigenvalue weighted by Gasteiger charge is 2.33. The van der Waals surface area contributed by atoms with Crippen LogP contribution < -0.4 is 10.1 Å². The molecule has 0 radical (unpaired) electrons. The first-order valence-electron chi connectivity index (χ1n) is 7.95.